The number of piperidine rings is 1. The lowest BCUT2D eigenvalue weighted by molar-refractivity contribution is -0.151. The first kappa shape index (κ1) is 15.3. The summed E-state index contributed by atoms with van der Waals surface area (Å²) in [5.74, 6) is -1.06. The molecule has 0 aromatic rings. The molecule has 20 heavy (non-hydrogen) atoms. The van der Waals surface area contributed by atoms with Gasteiger partial charge in [0, 0.05) is 25.1 Å². The van der Waals surface area contributed by atoms with Crippen molar-refractivity contribution in [2.24, 2.45) is 11.8 Å². The van der Waals surface area contributed by atoms with E-state index in [1.165, 1.54) is 0 Å². The second-order valence-electron chi connectivity index (χ2n) is 6.07. The van der Waals surface area contributed by atoms with Crippen molar-refractivity contribution in [3.63, 3.8) is 0 Å². The number of nitrogens with zero attached hydrogens (tertiary/aromatic N) is 1. The standard InChI is InChI=1S/C15H25NO4/c1-3-13-8-11(6-7-20-13)14(17)16-9-12(15(18)19)5-4-10(16)2/h10-13H,3-9H2,1-2H3,(H,18,19). The predicted octanol–water partition coefficient (Wildman–Crippen LogP) is 1.90. The molecule has 0 saturated carbocycles. The van der Waals surface area contributed by atoms with Crippen LogP contribution < -0.4 is 0 Å². The highest BCUT2D eigenvalue weighted by Gasteiger charge is 2.37. The van der Waals surface area contributed by atoms with Crippen LogP contribution in [0.5, 0.6) is 0 Å². The molecule has 0 bridgehead atoms. The molecular formula is C15H25NO4. The predicted molar refractivity (Wildman–Crippen MR) is 74.3 cm³/mol. The Kier molecular flexibility index (Phi) is 5.02. The highest BCUT2D eigenvalue weighted by molar-refractivity contribution is 5.80. The SMILES string of the molecule is CCC1CC(C(=O)N2CC(C(=O)O)CCC2C)CCO1. The zero-order valence-corrected chi connectivity index (χ0v) is 12.4. The molecule has 1 N–H and O–H groups in total. The van der Waals surface area contributed by atoms with Gasteiger partial charge in [0.05, 0.1) is 12.0 Å². The van der Waals surface area contributed by atoms with Crippen LogP contribution in [0.4, 0.5) is 0 Å². The molecule has 1 amide bonds. The highest BCUT2D eigenvalue weighted by Crippen LogP contribution is 2.29. The summed E-state index contributed by atoms with van der Waals surface area (Å²) in [5.41, 5.74) is 0. The molecule has 4 unspecified atom stereocenters. The fraction of sp³-hybridized carbons (Fsp3) is 0.867. The average Bonchev–Trinajstić information content (AvgIpc) is 2.46. The van der Waals surface area contributed by atoms with Gasteiger partial charge in [-0.3, -0.25) is 9.59 Å². The van der Waals surface area contributed by atoms with Gasteiger partial charge in [-0.05, 0) is 39.0 Å². The number of amides is 1. The van der Waals surface area contributed by atoms with Crippen molar-refractivity contribution in [2.75, 3.05) is 13.2 Å². The number of rotatable bonds is 3. The number of carboxylic acids is 1. The Morgan fingerprint density at radius 2 is 2.00 bits per heavy atom. The quantitative estimate of drug-likeness (QED) is 0.859. The van der Waals surface area contributed by atoms with E-state index in [4.69, 9.17) is 9.84 Å². The molecule has 0 spiro atoms. The second kappa shape index (κ2) is 6.57. The minimum Gasteiger partial charge on any atom is -0.481 e. The van der Waals surface area contributed by atoms with Crippen LogP contribution in [-0.2, 0) is 14.3 Å². The Morgan fingerprint density at radius 1 is 1.25 bits per heavy atom. The van der Waals surface area contributed by atoms with Crippen molar-refractivity contribution < 1.29 is 19.4 Å². The Morgan fingerprint density at radius 3 is 2.65 bits per heavy atom. The minimum atomic E-state index is -0.784. The number of hydrogen-bond donors (Lipinski definition) is 1. The van der Waals surface area contributed by atoms with E-state index in [-0.39, 0.29) is 24.0 Å². The van der Waals surface area contributed by atoms with Crippen LogP contribution in [0.3, 0.4) is 0 Å². The summed E-state index contributed by atoms with van der Waals surface area (Å²) in [6.07, 6.45) is 4.09. The fourth-order valence-corrected chi connectivity index (χ4v) is 3.24. The lowest BCUT2D eigenvalue weighted by Crippen LogP contribution is -2.50. The zero-order chi connectivity index (χ0) is 14.7. The molecule has 5 nitrogen and oxygen atoms in total. The molecular weight excluding hydrogens is 258 g/mol. The summed E-state index contributed by atoms with van der Waals surface area (Å²) in [4.78, 5) is 25.6. The van der Waals surface area contributed by atoms with Crippen LogP contribution in [0.15, 0.2) is 0 Å². The summed E-state index contributed by atoms with van der Waals surface area (Å²) in [6.45, 7) is 5.09. The number of carboxylic acid groups (broad SMARTS) is 1. The number of likely N-dealkylation sites (tertiary alicyclic amines) is 1. The van der Waals surface area contributed by atoms with E-state index < -0.39 is 11.9 Å². The van der Waals surface area contributed by atoms with Gasteiger partial charge in [0.15, 0.2) is 0 Å². The number of hydrogen-bond acceptors (Lipinski definition) is 3. The van der Waals surface area contributed by atoms with Crippen LogP contribution >= 0.6 is 0 Å². The van der Waals surface area contributed by atoms with Gasteiger partial charge in [0.2, 0.25) is 5.91 Å². The van der Waals surface area contributed by atoms with Gasteiger partial charge in [-0.1, -0.05) is 6.92 Å². The number of carbonyl (C=O) groups is 2. The van der Waals surface area contributed by atoms with Crippen molar-refractivity contribution in [3.8, 4) is 0 Å². The molecule has 2 heterocycles. The van der Waals surface area contributed by atoms with E-state index in [2.05, 4.69) is 6.92 Å². The second-order valence-corrected chi connectivity index (χ2v) is 6.07. The van der Waals surface area contributed by atoms with Gasteiger partial charge >= 0.3 is 5.97 Å². The molecule has 2 fully saturated rings. The number of ether oxygens (including phenoxy) is 1. The van der Waals surface area contributed by atoms with E-state index in [1.54, 1.807) is 4.90 Å². The summed E-state index contributed by atoms with van der Waals surface area (Å²) >= 11 is 0. The summed E-state index contributed by atoms with van der Waals surface area (Å²) in [7, 11) is 0. The average molecular weight is 283 g/mol. The van der Waals surface area contributed by atoms with Crippen LogP contribution in [0.25, 0.3) is 0 Å². The minimum absolute atomic E-state index is 0.00342. The summed E-state index contributed by atoms with van der Waals surface area (Å²) < 4.78 is 5.62. The molecule has 0 aliphatic carbocycles. The Balaban J connectivity index is 2.00. The zero-order valence-electron chi connectivity index (χ0n) is 12.4. The van der Waals surface area contributed by atoms with Crippen molar-refractivity contribution in [3.05, 3.63) is 0 Å². The van der Waals surface area contributed by atoms with Gasteiger partial charge in [0.25, 0.3) is 0 Å². The molecule has 2 aliphatic heterocycles. The fourth-order valence-electron chi connectivity index (χ4n) is 3.24. The maximum atomic E-state index is 12.7. The number of carbonyl (C=O) groups excluding carboxylic acids is 1. The molecule has 0 radical (unpaired) electrons. The third kappa shape index (κ3) is 3.32. The molecule has 0 aromatic carbocycles. The monoisotopic (exact) mass is 283 g/mol. The van der Waals surface area contributed by atoms with E-state index in [1.807, 2.05) is 6.92 Å². The van der Waals surface area contributed by atoms with E-state index in [9.17, 15) is 9.59 Å². The lowest BCUT2D eigenvalue weighted by atomic mass is 9.88. The molecule has 2 aliphatic rings. The number of aliphatic carboxylic acids is 1. The van der Waals surface area contributed by atoms with Gasteiger partial charge in [0.1, 0.15) is 0 Å². The first-order chi connectivity index (χ1) is 9.52. The first-order valence-electron chi connectivity index (χ1n) is 7.67. The molecule has 4 atom stereocenters. The normalized spacial score (nSPS) is 34.8. The Bertz CT molecular complexity index is 371. The van der Waals surface area contributed by atoms with Crippen molar-refractivity contribution in [1.29, 1.82) is 0 Å². The highest BCUT2D eigenvalue weighted by atomic mass is 16.5. The van der Waals surface area contributed by atoms with Crippen molar-refractivity contribution in [1.82, 2.24) is 4.90 Å². The summed E-state index contributed by atoms with van der Waals surface area (Å²) in [6, 6.07) is 0.154. The van der Waals surface area contributed by atoms with Gasteiger partial charge < -0.3 is 14.7 Å². The Hall–Kier alpha value is -1.10. The van der Waals surface area contributed by atoms with Crippen LogP contribution in [0.2, 0.25) is 0 Å². The van der Waals surface area contributed by atoms with Gasteiger partial charge in [-0.2, -0.15) is 0 Å². The molecule has 5 heteroatoms. The molecule has 114 valence electrons. The van der Waals surface area contributed by atoms with E-state index >= 15 is 0 Å². The third-order valence-corrected chi connectivity index (χ3v) is 4.69. The van der Waals surface area contributed by atoms with Crippen LogP contribution in [-0.4, -0.2) is 47.2 Å². The van der Waals surface area contributed by atoms with Crippen LogP contribution in [0, 0.1) is 11.8 Å². The van der Waals surface area contributed by atoms with Gasteiger partial charge in [-0.25, -0.2) is 0 Å². The van der Waals surface area contributed by atoms with Gasteiger partial charge in [-0.15, -0.1) is 0 Å². The van der Waals surface area contributed by atoms with E-state index in [0.717, 1.165) is 25.7 Å². The smallest absolute Gasteiger partial charge is 0.308 e. The molecule has 2 rings (SSSR count). The molecule has 0 aromatic heterocycles. The lowest BCUT2D eigenvalue weighted by Gasteiger charge is -2.40. The van der Waals surface area contributed by atoms with Crippen molar-refractivity contribution >= 4 is 11.9 Å². The topological polar surface area (TPSA) is 66.8 Å². The first-order valence-corrected chi connectivity index (χ1v) is 7.67. The maximum absolute atomic E-state index is 12.7. The molecule has 2 saturated heterocycles. The van der Waals surface area contributed by atoms with Crippen LogP contribution in [0.1, 0.15) is 46.0 Å². The largest absolute Gasteiger partial charge is 0.481 e. The Labute approximate surface area is 120 Å². The van der Waals surface area contributed by atoms with Crippen molar-refractivity contribution in [2.45, 2.75) is 58.1 Å². The maximum Gasteiger partial charge on any atom is 0.308 e. The van der Waals surface area contributed by atoms with E-state index in [0.29, 0.717) is 19.6 Å². The summed E-state index contributed by atoms with van der Waals surface area (Å²) in [5, 5.41) is 9.16. The third-order valence-electron chi connectivity index (χ3n) is 4.69.